The number of imidazole rings is 1. The van der Waals surface area contributed by atoms with Gasteiger partial charge in [-0.05, 0) is 42.0 Å². The Labute approximate surface area is 238 Å². The second-order valence-electron chi connectivity index (χ2n) is 9.54. The van der Waals surface area contributed by atoms with E-state index in [2.05, 4.69) is 10.3 Å². The largest absolute Gasteiger partial charge is 0.497 e. The Morgan fingerprint density at radius 3 is 2.32 bits per heavy atom. The molecule has 4 aromatic carbocycles. The molecule has 0 aliphatic heterocycles. The smallest absolute Gasteiger partial charge is 0.328 e. The van der Waals surface area contributed by atoms with Crippen LogP contribution in [-0.4, -0.2) is 41.6 Å². The molecule has 0 saturated heterocycles. The molecule has 0 radical (unpaired) electrons. The number of nitrogens with one attached hydrogen (secondary N) is 1. The van der Waals surface area contributed by atoms with Gasteiger partial charge < -0.3 is 24.1 Å². The van der Waals surface area contributed by atoms with E-state index >= 15 is 0 Å². The summed E-state index contributed by atoms with van der Waals surface area (Å²) in [6.07, 6.45) is 0.355. The van der Waals surface area contributed by atoms with Gasteiger partial charge in [0.05, 0.1) is 25.3 Å². The minimum Gasteiger partial charge on any atom is -0.497 e. The van der Waals surface area contributed by atoms with Crippen LogP contribution in [0.25, 0.3) is 11.0 Å². The van der Waals surface area contributed by atoms with Crippen LogP contribution in [0, 0.1) is 0 Å². The molecule has 0 unspecified atom stereocenters. The van der Waals surface area contributed by atoms with Crippen LogP contribution < -0.4 is 14.8 Å². The van der Waals surface area contributed by atoms with Crippen LogP contribution in [0.5, 0.6) is 11.5 Å². The molecule has 0 saturated carbocycles. The molecule has 1 atom stereocenters. The minimum absolute atomic E-state index is 0.126. The molecule has 0 bridgehead atoms. The molecule has 208 valence electrons. The quantitative estimate of drug-likeness (QED) is 0.170. The fraction of sp³-hybridized carbons (Fsp3) is 0.182. The topological polar surface area (TPSA) is 91.7 Å². The van der Waals surface area contributed by atoms with Gasteiger partial charge in [0.25, 0.3) is 0 Å². The molecule has 0 spiro atoms. The van der Waals surface area contributed by atoms with Crippen molar-refractivity contribution in [1.82, 2.24) is 9.55 Å². The number of rotatable bonds is 11. The van der Waals surface area contributed by atoms with E-state index in [0.717, 1.165) is 28.2 Å². The van der Waals surface area contributed by atoms with Gasteiger partial charge in [-0.3, -0.25) is 4.79 Å². The first-order valence-corrected chi connectivity index (χ1v) is 13.2. The summed E-state index contributed by atoms with van der Waals surface area (Å²) in [4.78, 5) is 30.6. The summed E-state index contributed by atoms with van der Waals surface area (Å²) in [6, 6.07) is 28.8. The lowest BCUT2D eigenvalue weighted by Gasteiger charge is -2.20. The van der Waals surface area contributed by atoms with Gasteiger partial charge in [-0.25, -0.2) is 9.78 Å². The van der Waals surface area contributed by atoms with Crippen molar-refractivity contribution < 1.29 is 23.8 Å². The zero-order chi connectivity index (χ0) is 28.8. The molecule has 5 rings (SSSR count). The molecule has 0 amide bonds. The number of aryl methyl sites for hydroxylation is 1. The van der Waals surface area contributed by atoms with Crippen molar-refractivity contribution in [3.05, 3.63) is 120 Å². The highest BCUT2D eigenvalue weighted by Crippen LogP contribution is 2.24. The second-order valence-corrected chi connectivity index (χ2v) is 9.54. The monoisotopic (exact) mass is 549 g/mol. The van der Waals surface area contributed by atoms with E-state index in [9.17, 15) is 9.59 Å². The third-order valence-electron chi connectivity index (χ3n) is 6.93. The summed E-state index contributed by atoms with van der Waals surface area (Å²) in [5, 5.41) is 3.24. The van der Waals surface area contributed by atoms with E-state index in [-0.39, 0.29) is 5.78 Å². The zero-order valence-electron chi connectivity index (χ0n) is 23.2. The van der Waals surface area contributed by atoms with Gasteiger partial charge in [-0.2, -0.15) is 0 Å². The number of fused-ring (bicyclic) bond motifs is 1. The molecule has 8 nitrogen and oxygen atoms in total. The van der Waals surface area contributed by atoms with E-state index in [0.29, 0.717) is 35.6 Å². The fourth-order valence-electron chi connectivity index (χ4n) is 4.66. The number of para-hydroxylation sites is 1. The number of ketones is 1. The van der Waals surface area contributed by atoms with Crippen molar-refractivity contribution in [2.45, 2.75) is 19.1 Å². The van der Waals surface area contributed by atoms with Gasteiger partial charge in [-0.15, -0.1) is 0 Å². The Balaban J connectivity index is 1.27. The molecule has 0 fully saturated rings. The first-order valence-electron chi connectivity index (χ1n) is 13.2. The van der Waals surface area contributed by atoms with Crippen molar-refractivity contribution in [3.63, 3.8) is 0 Å². The van der Waals surface area contributed by atoms with Crippen LogP contribution in [0.3, 0.4) is 0 Å². The molecule has 1 N–H and O–H groups in total. The highest BCUT2D eigenvalue weighted by Gasteiger charge is 2.22. The van der Waals surface area contributed by atoms with E-state index in [1.165, 1.54) is 7.11 Å². The minimum atomic E-state index is -0.700. The molecule has 5 aromatic rings. The maximum absolute atomic E-state index is 13.2. The number of anilines is 1. The number of hydrogen-bond donors (Lipinski definition) is 1. The Kier molecular flexibility index (Phi) is 8.29. The van der Waals surface area contributed by atoms with E-state index in [4.69, 9.17) is 14.2 Å². The van der Waals surface area contributed by atoms with E-state index in [1.54, 1.807) is 37.4 Å². The lowest BCUT2D eigenvalue weighted by atomic mass is 10.00. The summed E-state index contributed by atoms with van der Waals surface area (Å²) < 4.78 is 18.4. The Bertz CT molecular complexity index is 1660. The lowest BCUT2D eigenvalue weighted by Crippen LogP contribution is -2.33. The number of hydrogen-bond acceptors (Lipinski definition) is 7. The maximum Gasteiger partial charge on any atom is 0.328 e. The average molecular weight is 550 g/mol. The van der Waals surface area contributed by atoms with Gasteiger partial charge in [0.1, 0.15) is 30.0 Å². The fourth-order valence-corrected chi connectivity index (χ4v) is 4.66. The third-order valence-corrected chi connectivity index (χ3v) is 6.93. The number of ether oxygens (including phenoxy) is 3. The van der Waals surface area contributed by atoms with Gasteiger partial charge in [0.15, 0.2) is 5.78 Å². The first kappa shape index (κ1) is 27.5. The Morgan fingerprint density at radius 2 is 1.59 bits per heavy atom. The standard InChI is InChI=1S/C33H31N3O5/c1-36-30-20-25(39-2)17-18-28(30)35-31(36)21-41-24-15-13-22(14-16-24)19-29(33(38)40-3)34-27-12-8-7-11-26(27)32(37)23-9-5-4-6-10-23/h4-18,20,29,34H,19,21H2,1-3H3/t29-/m0/s1. The van der Waals surface area contributed by atoms with Crippen molar-refractivity contribution in [2.75, 3.05) is 19.5 Å². The summed E-state index contributed by atoms with van der Waals surface area (Å²) in [5.41, 5.74) is 4.36. The van der Waals surface area contributed by atoms with Crippen LogP contribution in [0.4, 0.5) is 5.69 Å². The first-order chi connectivity index (χ1) is 20.0. The number of benzene rings is 4. The maximum atomic E-state index is 13.2. The molecule has 0 aliphatic carbocycles. The van der Waals surface area contributed by atoms with Crippen LogP contribution in [0.2, 0.25) is 0 Å². The number of carbonyl (C=O) groups excluding carboxylic acids is 2. The number of aromatic nitrogens is 2. The predicted octanol–water partition coefficient (Wildman–Crippen LogP) is 5.59. The molecule has 1 aromatic heterocycles. The summed E-state index contributed by atoms with van der Waals surface area (Å²) in [7, 11) is 4.94. The average Bonchev–Trinajstić information content (AvgIpc) is 3.34. The highest BCUT2D eigenvalue weighted by molar-refractivity contribution is 6.12. The van der Waals surface area contributed by atoms with Gasteiger partial charge in [-0.1, -0.05) is 54.6 Å². The number of nitrogens with zero attached hydrogens (tertiary/aromatic N) is 2. The van der Waals surface area contributed by atoms with Crippen molar-refractivity contribution >= 4 is 28.5 Å². The SMILES string of the molecule is COC(=O)[C@H](Cc1ccc(OCc2nc3ccc(OC)cc3n2C)cc1)Nc1ccccc1C(=O)c1ccccc1. The summed E-state index contributed by atoms with van der Waals surface area (Å²) in [5.74, 6) is 1.69. The lowest BCUT2D eigenvalue weighted by molar-refractivity contribution is -0.141. The summed E-state index contributed by atoms with van der Waals surface area (Å²) >= 11 is 0. The number of methoxy groups -OCH3 is 2. The van der Waals surface area contributed by atoms with Crippen LogP contribution >= 0.6 is 0 Å². The van der Waals surface area contributed by atoms with Crippen LogP contribution in [0.1, 0.15) is 27.3 Å². The van der Waals surface area contributed by atoms with Crippen molar-refractivity contribution in [1.29, 1.82) is 0 Å². The summed E-state index contributed by atoms with van der Waals surface area (Å²) in [6.45, 7) is 0.297. The van der Waals surface area contributed by atoms with E-state index in [1.807, 2.05) is 78.3 Å². The van der Waals surface area contributed by atoms with Gasteiger partial charge in [0.2, 0.25) is 0 Å². The number of esters is 1. The highest BCUT2D eigenvalue weighted by atomic mass is 16.5. The molecule has 1 heterocycles. The van der Waals surface area contributed by atoms with Crippen LogP contribution in [-0.2, 0) is 29.6 Å². The van der Waals surface area contributed by atoms with Crippen molar-refractivity contribution in [2.24, 2.45) is 7.05 Å². The Morgan fingerprint density at radius 1 is 0.878 bits per heavy atom. The predicted molar refractivity (Wildman–Crippen MR) is 157 cm³/mol. The molecule has 8 heteroatoms. The van der Waals surface area contributed by atoms with Gasteiger partial charge in [0, 0.05) is 36.3 Å². The zero-order valence-corrected chi connectivity index (χ0v) is 23.2. The molecule has 0 aliphatic rings. The third kappa shape index (κ3) is 6.22. The normalized spacial score (nSPS) is 11.6. The Hall–Kier alpha value is -5.11. The van der Waals surface area contributed by atoms with Crippen molar-refractivity contribution in [3.8, 4) is 11.5 Å². The molecular weight excluding hydrogens is 518 g/mol. The van der Waals surface area contributed by atoms with Crippen LogP contribution in [0.15, 0.2) is 97.1 Å². The van der Waals surface area contributed by atoms with Gasteiger partial charge >= 0.3 is 5.97 Å². The number of carbonyl (C=O) groups is 2. The molecular formula is C33H31N3O5. The van der Waals surface area contributed by atoms with E-state index < -0.39 is 12.0 Å². The molecule has 41 heavy (non-hydrogen) atoms. The second kappa shape index (κ2) is 12.4.